The lowest BCUT2D eigenvalue weighted by atomic mass is 9.86. The van der Waals surface area contributed by atoms with E-state index in [1.165, 1.54) is 11.1 Å². The number of likely N-dealkylation sites (tertiary alicyclic amines) is 1. The summed E-state index contributed by atoms with van der Waals surface area (Å²) in [5, 5.41) is 8.79. The Morgan fingerprint density at radius 2 is 1.76 bits per heavy atom. The van der Waals surface area contributed by atoms with Gasteiger partial charge >= 0.3 is 0 Å². The molecule has 3 heteroatoms. The van der Waals surface area contributed by atoms with Crippen LogP contribution in [0.25, 0.3) is 0 Å². The molecule has 2 rings (SSSR count). The molecule has 3 nitrogen and oxygen atoms in total. The van der Waals surface area contributed by atoms with Crippen LogP contribution in [0.15, 0.2) is 24.3 Å². The first-order valence-electron chi connectivity index (χ1n) is 8.03. The van der Waals surface area contributed by atoms with E-state index in [1.54, 1.807) is 0 Å². The van der Waals surface area contributed by atoms with Crippen molar-refractivity contribution in [3.8, 4) is 0 Å². The van der Waals surface area contributed by atoms with E-state index < -0.39 is 0 Å². The Bertz CT molecular complexity index is 414. The molecular formula is C18H29NO2. The lowest BCUT2D eigenvalue weighted by molar-refractivity contribution is -0.00901. The van der Waals surface area contributed by atoms with Gasteiger partial charge in [0.2, 0.25) is 0 Å². The minimum atomic E-state index is 0.125. The fraction of sp³-hybridized carbons (Fsp3) is 0.667. The molecule has 1 N–H and O–H groups in total. The largest absolute Gasteiger partial charge is 0.394 e. The van der Waals surface area contributed by atoms with Gasteiger partial charge in [-0.1, -0.05) is 45.0 Å². The number of aliphatic hydroxyl groups is 1. The number of hydrogen-bond donors (Lipinski definition) is 1. The highest BCUT2D eigenvalue weighted by atomic mass is 16.5. The lowest BCUT2D eigenvalue weighted by Gasteiger charge is -2.32. The molecule has 1 fully saturated rings. The number of benzene rings is 1. The average molecular weight is 291 g/mol. The molecule has 0 unspecified atom stereocenters. The number of nitrogens with zero attached hydrogens (tertiary/aromatic N) is 1. The summed E-state index contributed by atoms with van der Waals surface area (Å²) >= 11 is 0. The van der Waals surface area contributed by atoms with E-state index in [9.17, 15) is 0 Å². The van der Waals surface area contributed by atoms with Gasteiger partial charge in [-0.05, 0) is 29.4 Å². The summed E-state index contributed by atoms with van der Waals surface area (Å²) in [4.78, 5) is 2.49. The Hall–Kier alpha value is -0.900. The SMILES string of the molecule is CC(C)(C)c1ccc(CN2CCC(OCCO)CC2)cc1. The van der Waals surface area contributed by atoms with Gasteiger partial charge in [0.05, 0.1) is 19.3 Å². The lowest BCUT2D eigenvalue weighted by Crippen LogP contribution is -2.36. The third-order valence-electron chi connectivity index (χ3n) is 4.21. The first kappa shape index (κ1) is 16.5. The van der Waals surface area contributed by atoms with E-state index >= 15 is 0 Å². The third-order valence-corrected chi connectivity index (χ3v) is 4.21. The van der Waals surface area contributed by atoms with Gasteiger partial charge in [0, 0.05) is 19.6 Å². The third kappa shape index (κ3) is 5.10. The van der Waals surface area contributed by atoms with Gasteiger partial charge in [-0.2, -0.15) is 0 Å². The first-order chi connectivity index (χ1) is 9.99. The van der Waals surface area contributed by atoms with Crippen LogP contribution >= 0.6 is 0 Å². The molecule has 0 spiro atoms. The first-order valence-corrected chi connectivity index (χ1v) is 8.03. The summed E-state index contributed by atoms with van der Waals surface area (Å²) < 4.78 is 5.61. The van der Waals surface area contributed by atoms with Crippen molar-refractivity contribution in [2.45, 2.75) is 51.7 Å². The van der Waals surface area contributed by atoms with Crippen LogP contribution in [-0.2, 0) is 16.7 Å². The Labute approximate surface area is 128 Å². The average Bonchev–Trinajstić information content (AvgIpc) is 2.46. The van der Waals surface area contributed by atoms with Crippen molar-refractivity contribution in [2.75, 3.05) is 26.3 Å². The fourth-order valence-corrected chi connectivity index (χ4v) is 2.82. The quantitative estimate of drug-likeness (QED) is 0.905. The van der Waals surface area contributed by atoms with Crippen LogP contribution in [0.1, 0.15) is 44.7 Å². The summed E-state index contributed by atoms with van der Waals surface area (Å²) in [5.41, 5.74) is 3.00. The van der Waals surface area contributed by atoms with Gasteiger partial charge in [0.1, 0.15) is 0 Å². The minimum Gasteiger partial charge on any atom is -0.394 e. The van der Waals surface area contributed by atoms with Crippen molar-refractivity contribution in [1.82, 2.24) is 4.90 Å². The van der Waals surface area contributed by atoms with Gasteiger partial charge < -0.3 is 9.84 Å². The maximum Gasteiger partial charge on any atom is 0.0701 e. The van der Waals surface area contributed by atoms with Crippen LogP contribution in [0.5, 0.6) is 0 Å². The zero-order chi connectivity index (χ0) is 15.3. The molecule has 0 bridgehead atoms. The van der Waals surface area contributed by atoms with Crippen molar-refractivity contribution in [3.63, 3.8) is 0 Å². The second-order valence-electron chi connectivity index (χ2n) is 7.02. The fourth-order valence-electron chi connectivity index (χ4n) is 2.82. The number of hydrogen-bond acceptors (Lipinski definition) is 3. The second kappa shape index (κ2) is 7.39. The van der Waals surface area contributed by atoms with Crippen molar-refractivity contribution in [3.05, 3.63) is 35.4 Å². The van der Waals surface area contributed by atoms with Gasteiger partial charge in [0.25, 0.3) is 0 Å². The standard InChI is InChI=1S/C18H29NO2/c1-18(2,3)16-6-4-15(5-7-16)14-19-10-8-17(9-11-19)21-13-12-20/h4-7,17,20H,8-14H2,1-3H3. The number of aliphatic hydroxyl groups excluding tert-OH is 1. The molecule has 0 radical (unpaired) electrons. The zero-order valence-corrected chi connectivity index (χ0v) is 13.6. The number of rotatable bonds is 5. The van der Waals surface area contributed by atoms with E-state index in [0.29, 0.717) is 12.7 Å². The van der Waals surface area contributed by atoms with Crippen molar-refractivity contribution in [1.29, 1.82) is 0 Å². The van der Waals surface area contributed by atoms with Gasteiger partial charge in [-0.3, -0.25) is 4.90 Å². The molecule has 1 saturated heterocycles. The maximum absolute atomic E-state index is 8.79. The number of ether oxygens (including phenoxy) is 1. The minimum absolute atomic E-state index is 0.125. The Balaban J connectivity index is 1.81. The zero-order valence-electron chi connectivity index (χ0n) is 13.6. The summed E-state index contributed by atoms with van der Waals surface area (Å²) in [6.45, 7) is 10.5. The summed E-state index contributed by atoms with van der Waals surface area (Å²) in [6.07, 6.45) is 2.47. The van der Waals surface area contributed by atoms with E-state index in [2.05, 4.69) is 49.9 Å². The van der Waals surface area contributed by atoms with Crippen molar-refractivity contribution >= 4 is 0 Å². The van der Waals surface area contributed by atoms with Crippen LogP contribution in [0.2, 0.25) is 0 Å². The summed E-state index contributed by atoms with van der Waals surface area (Å²) in [6, 6.07) is 9.03. The molecule has 0 aromatic heterocycles. The smallest absolute Gasteiger partial charge is 0.0701 e. The molecule has 1 aromatic rings. The Morgan fingerprint density at radius 3 is 2.29 bits per heavy atom. The van der Waals surface area contributed by atoms with E-state index in [1.807, 2.05) is 0 Å². The van der Waals surface area contributed by atoms with Gasteiger partial charge in [0.15, 0.2) is 0 Å². The molecule has 0 aliphatic carbocycles. The van der Waals surface area contributed by atoms with Gasteiger partial charge in [-0.15, -0.1) is 0 Å². The molecule has 1 aromatic carbocycles. The van der Waals surface area contributed by atoms with E-state index in [4.69, 9.17) is 9.84 Å². The van der Waals surface area contributed by atoms with Crippen LogP contribution < -0.4 is 0 Å². The van der Waals surface area contributed by atoms with Crippen molar-refractivity contribution in [2.24, 2.45) is 0 Å². The molecule has 118 valence electrons. The molecule has 0 saturated carbocycles. The summed E-state index contributed by atoms with van der Waals surface area (Å²) in [5.74, 6) is 0. The van der Waals surface area contributed by atoms with Crippen molar-refractivity contribution < 1.29 is 9.84 Å². The highest BCUT2D eigenvalue weighted by Crippen LogP contribution is 2.23. The highest BCUT2D eigenvalue weighted by Gasteiger charge is 2.19. The normalized spacial score (nSPS) is 18.1. The molecule has 0 amide bonds. The predicted molar refractivity (Wildman–Crippen MR) is 86.5 cm³/mol. The van der Waals surface area contributed by atoms with Crippen LogP contribution in [0.4, 0.5) is 0 Å². The molecular weight excluding hydrogens is 262 g/mol. The molecule has 21 heavy (non-hydrogen) atoms. The topological polar surface area (TPSA) is 32.7 Å². The van der Waals surface area contributed by atoms with Crippen LogP contribution in [-0.4, -0.2) is 42.4 Å². The van der Waals surface area contributed by atoms with Crippen LogP contribution in [0.3, 0.4) is 0 Å². The Kier molecular flexibility index (Phi) is 5.80. The predicted octanol–water partition coefficient (Wildman–Crippen LogP) is 2.96. The highest BCUT2D eigenvalue weighted by molar-refractivity contribution is 5.27. The van der Waals surface area contributed by atoms with Crippen LogP contribution in [0, 0.1) is 0 Å². The monoisotopic (exact) mass is 291 g/mol. The molecule has 0 atom stereocenters. The summed E-state index contributed by atoms with van der Waals surface area (Å²) in [7, 11) is 0. The van der Waals surface area contributed by atoms with E-state index in [0.717, 1.165) is 32.5 Å². The molecule has 1 heterocycles. The van der Waals surface area contributed by atoms with Gasteiger partial charge in [-0.25, -0.2) is 0 Å². The Morgan fingerprint density at radius 1 is 1.14 bits per heavy atom. The molecule has 1 aliphatic heterocycles. The van der Waals surface area contributed by atoms with E-state index in [-0.39, 0.29) is 12.0 Å². The maximum atomic E-state index is 8.79. The molecule has 1 aliphatic rings. The second-order valence-corrected chi connectivity index (χ2v) is 7.02. The number of piperidine rings is 1.